The van der Waals surface area contributed by atoms with Crippen LogP contribution in [-0.2, 0) is 11.3 Å². The van der Waals surface area contributed by atoms with Crippen molar-refractivity contribution in [3.8, 4) is 5.75 Å². The molecule has 0 radical (unpaired) electrons. The number of carbonyl (C=O) groups excluding carboxylic acids is 1. The van der Waals surface area contributed by atoms with Crippen molar-refractivity contribution in [1.82, 2.24) is 19.7 Å². The Kier molecular flexibility index (Phi) is 6.12. The highest BCUT2D eigenvalue weighted by atomic mass is 16.5. The van der Waals surface area contributed by atoms with Crippen LogP contribution in [0.25, 0.3) is 0 Å². The van der Waals surface area contributed by atoms with E-state index in [0.717, 1.165) is 31.9 Å². The van der Waals surface area contributed by atoms with Gasteiger partial charge in [0.25, 0.3) is 0 Å². The number of piperazine rings is 1. The van der Waals surface area contributed by atoms with Crippen LogP contribution in [0.5, 0.6) is 5.75 Å². The van der Waals surface area contributed by atoms with E-state index >= 15 is 0 Å². The van der Waals surface area contributed by atoms with E-state index in [2.05, 4.69) is 15.0 Å². The van der Waals surface area contributed by atoms with Gasteiger partial charge in [0.05, 0.1) is 6.54 Å². The number of rotatable bonds is 6. The summed E-state index contributed by atoms with van der Waals surface area (Å²) < 4.78 is 7.58. The summed E-state index contributed by atoms with van der Waals surface area (Å²) in [5.74, 6) is 0.836. The molecule has 8 nitrogen and oxygen atoms in total. The van der Waals surface area contributed by atoms with E-state index < -0.39 is 11.0 Å². The number of hydrogen-bond acceptors (Lipinski definition) is 6. The highest BCUT2D eigenvalue weighted by Gasteiger charge is 2.41. The van der Waals surface area contributed by atoms with Crippen LogP contribution in [0.2, 0.25) is 0 Å². The Morgan fingerprint density at radius 2 is 1.79 bits per heavy atom. The van der Waals surface area contributed by atoms with Gasteiger partial charge in [-0.15, -0.1) is 0 Å². The van der Waals surface area contributed by atoms with Crippen molar-refractivity contribution in [2.75, 3.05) is 37.7 Å². The topological polar surface area (TPSA) is 83.7 Å². The molecule has 1 aliphatic rings. The zero-order chi connectivity index (χ0) is 21.1. The molecular formula is C21H31N5O3. The molecule has 0 aliphatic carbocycles. The Balaban J connectivity index is 1.60. The van der Waals surface area contributed by atoms with Crippen LogP contribution in [0.3, 0.4) is 0 Å². The van der Waals surface area contributed by atoms with Crippen molar-refractivity contribution in [2.45, 2.75) is 39.8 Å². The molecule has 1 amide bonds. The molecule has 2 heterocycles. The van der Waals surface area contributed by atoms with Gasteiger partial charge in [-0.2, -0.15) is 5.10 Å². The van der Waals surface area contributed by atoms with E-state index in [1.807, 2.05) is 49.9 Å². The van der Waals surface area contributed by atoms with Crippen LogP contribution in [0, 0.1) is 5.41 Å². The average molecular weight is 402 g/mol. The maximum absolute atomic E-state index is 11.5. The summed E-state index contributed by atoms with van der Waals surface area (Å²) in [5, 5.41) is 15.4. The molecule has 1 unspecified atom stereocenters. The maximum atomic E-state index is 11.5. The van der Waals surface area contributed by atoms with Crippen LogP contribution < -0.4 is 9.64 Å². The molecule has 1 aliphatic heterocycles. The van der Waals surface area contributed by atoms with Gasteiger partial charge in [0.1, 0.15) is 30.6 Å². The number of anilines is 1. The van der Waals surface area contributed by atoms with Gasteiger partial charge < -0.3 is 19.6 Å². The van der Waals surface area contributed by atoms with Gasteiger partial charge in [0.15, 0.2) is 0 Å². The second-order valence-electron chi connectivity index (χ2n) is 8.65. The zero-order valence-corrected chi connectivity index (χ0v) is 17.7. The molecule has 0 spiro atoms. The highest BCUT2D eigenvalue weighted by molar-refractivity contribution is 5.73. The number of nitrogens with zero attached hydrogens (tertiary/aromatic N) is 5. The number of ether oxygens (including phenoxy) is 1. The van der Waals surface area contributed by atoms with E-state index in [1.165, 1.54) is 6.33 Å². The largest absolute Gasteiger partial charge is 0.490 e. The Morgan fingerprint density at radius 1 is 1.14 bits per heavy atom. The lowest BCUT2D eigenvalue weighted by molar-refractivity contribution is -0.129. The molecular weight excluding hydrogens is 370 g/mol. The van der Waals surface area contributed by atoms with Crippen LogP contribution in [0.4, 0.5) is 5.69 Å². The van der Waals surface area contributed by atoms with Crippen molar-refractivity contribution in [1.29, 1.82) is 0 Å². The Hall–Kier alpha value is -2.61. The lowest BCUT2D eigenvalue weighted by Crippen LogP contribution is -2.51. The van der Waals surface area contributed by atoms with Gasteiger partial charge in [-0.1, -0.05) is 20.8 Å². The van der Waals surface area contributed by atoms with Crippen molar-refractivity contribution in [3.63, 3.8) is 0 Å². The molecule has 3 rings (SSSR count). The van der Waals surface area contributed by atoms with Crippen LogP contribution >= 0.6 is 0 Å². The second kappa shape index (κ2) is 8.41. The molecule has 1 N–H and O–H groups in total. The number of aromatic nitrogens is 3. The Labute approximate surface area is 172 Å². The van der Waals surface area contributed by atoms with Crippen molar-refractivity contribution in [2.24, 2.45) is 5.41 Å². The fourth-order valence-corrected chi connectivity index (χ4v) is 3.32. The highest BCUT2D eigenvalue weighted by Crippen LogP contribution is 2.33. The quantitative estimate of drug-likeness (QED) is 0.795. The number of carbonyl (C=O) groups is 1. The zero-order valence-electron chi connectivity index (χ0n) is 17.7. The first kappa shape index (κ1) is 21.1. The summed E-state index contributed by atoms with van der Waals surface area (Å²) in [7, 11) is 0. The first-order valence-electron chi connectivity index (χ1n) is 9.96. The third kappa shape index (κ3) is 5.06. The first-order chi connectivity index (χ1) is 13.7. The van der Waals surface area contributed by atoms with E-state index in [-0.39, 0.29) is 12.5 Å². The summed E-state index contributed by atoms with van der Waals surface area (Å²) in [4.78, 5) is 19.6. The normalized spacial score (nSPS) is 17.1. The molecule has 8 heteroatoms. The molecule has 2 aromatic rings. The van der Waals surface area contributed by atoms with Crippen molar-refractivity contribution < 1.29 is 14.6 Å². The lowest BCUT2D eigenvalue weighted by atomic mass is 9.77. The summed E-state index contributed by atoms with van der Waals surface area (Å²) >= 11 is 0. The molecule has 29 heavy (non-hydrogen) atoms. The van der Waals surface area contributed by atoms with Gasteiger partial charge in [-0.25, -0.2) is 9.67 Å². The number of benzene rings is 1. The van der Waals surface area contributed by atoms with E-state index in [1.54, 1.807) is 17.9 Å². The fourth-order valence-electron chi connectivity index (χ4n) is 3.32. The Bertz CT molecular complexity index is 793. The molecule has 0 bridgehead atoms. The van der Waals surface area contributed by atoms with Crippen molar-refractivity contribution in [3.05, 3.63) is 36.9 Å². The molecule has 1 fully saturated rings. The molecule has 1 aromatic carbocycles. The average Bonchev–Trinajstić information content (AvgIpc) is 3.19. The monoisotopic (exact) mass is 401 g/mol. The predicted octanol–water partition coefficient (Wildman–Crippen LogP) is 1.80. The fraction of sp³-hybridized carbons (Fsp3) is 0.571. The maximum Gasteiger partial charge on any atom is 0.219 e. The third-order valence-corrected chi connectivity index (χ3v) is 5.69. The summed E-state index contributed by atoms with van der Waals surface area (Å²) in [6, 6.07) is 7.88. The Morgan fingerprint density at radius 3 is 2.31 bits per heavy atom. The lowest BCUT2D eigenvalue weighted by Gasteiger charge is -2.39. The van der Waals surface area contributed by atoms with Crippen LogP contribution in [0.15, 0.2) is 36.9 Å². The minimum atomic E-state index is -1.11. The third-order valence-electron chi connectivity index (χ3n) is 5.69. The van der Waals surface area contributed by atoms with Gasteiger partial charge in [-0.05, 0) is 29.7 Å². The molecule has 1 atom stereocenters. The number of aliphatic hydroxyl groups is 1. The minimum Gasteiger partial charge on any atom is -0.490 e. The molecule has 1 saturated heterocycles. The SMILES string of the molecule is CC(=O)N1CCN(c2ccc(OCC(O)(Cn3cncn3)C(C)(C)C)cc2)CC1. The van der Waals surface area contributed by atoms with Gasteiger partial charge in [0.2, 0.25) is 5.91 Å². The first-order valence-corrected chi connectivity index (χ1v) is 9.96. The van der Waals surface area contributed by atoms with Crippen molar-refractivity contribution >= 4 is 11.6 Å². The van der Waals surface area contributed by atoms with Gasteiger partial charge >= 0.3 is 0 Å². The molecule has 0 saturated carbocycles. The van der Waals surface area contributed by atoms with E-state index in [0.29, 0.717) is 12.3 Å². The standard InChI is InChI=1S/C21H31N5O3/c1-17(27)24-9-11-25(12-10-24)18-5-7-19(8-6-18)29-14-21(28,20(2,3)4)13-26-16-22-15-23-26/h5-8,15-16,28H,9-14H2,1-4H3. The van der Waals surface area contributed by atoms with E-state index in [9.17, 15) is 9.90 Å². The van der Waals surface area contributed by atoms with Gasteiger partial charge in [0, 0.05) is 38.8 Å². The smallest absolute Gasteiger partial charge is 0.219 e. The number of hydrogen-bond donors (Lipinski definition) is 1. The van der Waals surface area contributed by atoms with Crippen LogP contribution in [0.1, 0.15) is 27.7 Å². The minimum absolute atomic E-state index is 0.130. The predicted molar refractivity (Wildman–Crippen MR) is 111 cm³/mol. The summed E-state index contributed by atoms with van der Waals surface area (Å²) in [6.07, 6.45) is 3.05. The summed E-state index contributed by atoms with van der Waals surface area (Å²) in [6.45, 7) is 11.1. The van der Waals surface area contributed by atoms with Gasteiger partial charge in [-0.3, -0.25) is 4.79 Å². The van der Waals surface area contributed by atoms with E-state index in [4.69, 9.17) is 4.74 Å². The summed E-state index contributed by atoms with van der Waals surface area (Å²) in [5.41, 5.74) is -0.410. The second-order valence-corrected chi connectivity index (χ2v) is 8.65. The van der Waals surface area contributed by atoms with Crippen LogP contribution in [-0.4, -0.2) is 69.1 Å². The molecule has 158 valence electrons. The number of amides is 1. The molecule has 1 aromatic heterocycles.